The van der Waals surface area contributed by atoms with Gasteiger partial charge in [0.1, 0.15) is 11.7 Å². The van der Waals surface area contributed by atoms with E-state index >= 15 is 0 Å². The minimum absolute atomic E-state index is 0. The molecule has 1 aromatic carbocycles. The second-order valence-corrected chi connectivity index (χ2v) is 10.6. The van der Waals surface area contributed by atoms with Crippen molar-refractivity contribution in [1.29, 1.82) is 0 Å². The number of hydrogen-bond donors (Lipinski definition) is 2. The van der Waals surface area contributed by atoms with Gasteiger partial charge in [-0.3, -0.25) is 9.30 Å². The van der Waals surface area contributed by atoms with E-state index in [9.17, 15) is 13.2 Å². The Morgan fingerprint density at radius 2 is 1.82 bits per heavy atom. The van der Waals surface area contributed by atoms with E-state index in [1.54, 1.807) is 10.5 Å². The monoisotopic (exact) mass is 584 g/mol. The van der Waals surface area contributed by atoms with E-state index in [0.29, 0.717) is 36.7 Å². The molecule has 5 rings (SSSR count). The minimum atomic E-state index is -4.46. The molecule has 1 saturated heterocycles. The molecule has 0 spiro atoms. The van der Waals surface area contributed by atoms with Crippen LogP contribution in [0, 0.1) is 0 Å². The van der Waals surface area contributed by atoms with E-state index in [-0.39, 0.29) is 55.0 Å². The number of benzene rings is 1. The van der Waals surface area contributed by atoms with Crippen LogP contribution in [0.15, 0.2) is 48.7 Å². The maximum atomic E-state index is 14.4. The van der Waals surface area contributed by atoms with E-state index in [1.165, 1.54) is 17.2 Å². The van der Waals surface area contributed by atoms with Gasteiger partial charge >= 0.3 is 6.18 Å². The van der Waals surface area contributed by atoms with Crippen molar-refractivity contribution < 1.29 is 18.3 Å². The maximum Gasteiger partial charge on any atom is 0.408 e. The van der Waals surface area contributed by atoms with Gasteiger partial charge < -0.3 is 10.4 Å². The standard InChI is InChI=1S/C27H31F3N6O.2ClH/c1-26(2,3)20-6-4-5-17-7-9-21(32-23(17)20)25-34-33-22-10-8-18(15-36(22)25)24(27(28,29)30)35-13-11-19(16-35)31-12-14-37;;/h4-10,15,19,24,31,37H,11-14,16H2,1-3H3;2*1H/t19-,24+;;/m0../s1. The first-order valence-corrected chi connectivity index (χ1v) is 12.5. The van der Waals surface area contributed by atoms with Crippen molar-refractivity contribution in [2.75, 3.05) is 26.2 Å². The van der Waals surface area contributed by atoms with Gasteiger partial charge in [-0.2, -0.15) is 13.2 Å². The molecule has 39 heavy (non-hydrogen) atoms. The summed E-state index contributed by atoms with van der Waals surface area (Å²) in [5.74, 6) is 0.396. The Labute approximate surface area is 237 Å². The fraction of sp³-hybridized carbons (Fsp3) is 0.444. The number of fused-ring (bicyclic) bond motifs is 2. The molecule has 0 aliphatic carbocycles. The summed E-state index contributed by atoms with van der Waals surface area (Å²) in [6, 6.07) is 11.0. The number of rotatable bonds is 6. The lowest BCUT2D eigenvalue weighted by Gasteiger charge is -2.30. The van der Waals surface area contributed by atoms with E-state index in [0.717, 1.165) is 16.5 Å². The number of hydrogen-bond acceptors (Lipinski definition) is 6. The topological polar surface area (TPSA) is 78.6 Å². The first-order chi connectivity index (χ1) is 17.6. The summed E-state index contributed by atoms with van der Waals surface area (Å²) in [6.07, 6.45) is -2.39. The molecular weight excluding hydrogens is 552 g/mol. The number of likely N-dealkylation sites (tertiary alicyclic amines) is 1. The van der Waals surface area contributed by atoms with Crippen LogP contribution in [0.25, 0.3) is 28.1 Å². The Kier molecular flexibility index (Phi) is 9.50. The lowest BCUT2D eigenvalue weighted by molar-refractivity contribution is -0.184. The van der Waals surface area contributed by atoms with Crippen LogP contribution in [-0.2, 0) is 5.41 Å². The van der Waals surface area contributed by atoms with Crippen LogP contribution >= 0.6 is 24.8 Å². The third-order valence-corrected chi connectivity index (χ3v) is 6.94. The van der Waals surface area contributed by atoms with Gasteiger partial charge in [0.05, 0.1) is 12.1 Å². The summed E-state index contributed by atoms with van der Waals surface area (Å²) in [6.45, 7) is 7.23. The quantitative estimate of drug-likeness (QED) is 0.318. The zero-order valence-electron chi connectivity index (χ0n) is 21.9. The normalized spacial score (nSPS) is 17.3. The van der Waals surface area contributed by atoms with Crippen molar-refractivity contribution in [3.63, 3.8) is 0 Å². The van der Waals surface area contributed by atoms with Gasteiger partial charge in [0.2, 0.25) is 0 Å². The fourth-order valence-electron chi connectivity index (χ4n) is 5.18. The molecule has 2 N–H and O–H groups in total. The van der Waals surface area contributed by atoms with Crippen molar-refractivity contribution in [3.05, 3.63) is 59.8 Å². The molecule has 2 atom stereocenters. The number of alkyl halides is 3. The third kappa shape index (κ3) is 6.30. The van der Waals surface area contributed by atoms with E-state index in [2.05, 4.69) is 36.3 Å². The first-order valence-electron chi connectivity index (χ1n) is 12.5. The highest BCUT2D eigenvalue weighted by Gasteiger charge is 2.46. The Morgan fingerprint density at radius 1 is 1.05 bits per heavy atom. The molecule has 4 aromatic rings. The summed E-state index contributed by atoms with van der Waals surface area (Å²) < 4.78 is 44.7. The molecule has 0 saturated carbocycles. The van der Waals surface area contributed by atoms with Gasteiger partial charge in [-0.25, -0.2) is 4.98 Å². The summed E-state index contributed by atoms with van der Waals surface area (Å²) in [5.41, 5.74) is 2.91. The largest absolute Gasteiger partial charge is 0.408 e. The van der Waals surface area contributed by atoms with E-state index in [1.807, 2.05) is 30.3 Å². The lowest BCUT2D eigenvalue weighted by atomic mass is 9.85. The molecule has 0 unspecified atom stereocenters. The molecule has 1 aliphatic rings. The second-order valence-electron chi connectivity index (χ2n) is 10.6. The van der Waals surface area contributed by atoms with Crippen LogP contribution in [0.5, 0.6) is 0 Å². The van der Waals surface area contributed by atoms with Crippen LogP contribution in [0.2, 0.25) is 0 Å². The zero-order chi connectivity index (χ0) is 26.4. The summed E-state index contributed by atoms with van der Waals surface area (Å²) in [5, 5.41) is 21.6. The van der Waals surface area contributed by atoms with Crippen molar-refractivity contribution in [2.24, 2.45) is 0 Å². The highest BCUT2D eigenvalue weighted by Crippen LogP contribution is 2.40. The zero-order valence-corrected chi connectivity index (χ0v) is 23.6. The van der Waals surface area contributed by atoms with Gasteiger partial charge in [-0.05, 0) is 35.1 Å². The van der Waals surface area contributed by atoms with Crippen molar-refractivity contribution >= 4 is 41.4 Å². The number of nitrogens with one attached hydrogen (secondary N) is 1. The van der Waals surface area contributed by atoms with Crippen LogP contribution in [-0.4, -0.2) is 68.0 Å². The third-order valence-electron chi connectivity index (χ3n) is 6.94. The average molecular weight is 586 g/mol. The van der Waals surface area contributed by atoms with Crippen LogP contribution < -0.4 is 5.32 Å². The molecule has 1 fully saturated rings. The SMILES string of the molecule is CC(C)(C)c1cccc2ccc(-c3nnc4ccc([C@@H](N5CC[C@H](NCCO)C5)C(F)(F)F)cn34)nc12.Cl.Cl. The smallest absolute Gasteiger partial charge is 0.395 e. The van der Waals surface area contributed by atoms with Gasteiger partial charge in [0.15, 0.2) is 11.5 Å². The molecule has 0 radical (unpaired) electrons. The minimum Gasteiger partial charge on any atom is -0.395 e. The molecule has 7 nitrogen and oxygen atoms in total. The summed E-state index contributed by atoms with van der Waals surface area (Å²) in [4.78, 5) is 6.34. The van der Waals surface area contributed by atoms with Crippen LogP contribution in [0.4, 0.5) is 13.2 Å². The number of nitrogens with zero attached hydrogens (tertiary/aromatic N) is 5. The predicted octanol–water partition coefficient (Wildman–Crippen LogP) is 5.35. The molecule has 0 amide bonds. The maximum absolute atomic E-state index is 14.4. The molecule has 4 heterocycles. The first kappa shape index (κ1) is 31.0. The highest BCUT2D eigenvalue weighted by atomic mass is 35.5. The molecule has 12 heteroatoms. The van der Waals surface area contributed by atoms with Crippen molar-refractivity contribution in [1.82, 2.24) is 29.8 Å². The van der Waals surface area contributed by atoms with Crippen molar-refractivity contribution in [2.45, 2.75) is 50.9 Å². The van der Waals surface area contributed by atoms with Gasteiger partial charge in [-0.1, -0.05) is 51.1 Å². The van der Waals surface area contributed by atoms with E-state index in [4.69, 9.17) is 10.1 Å². The van der Waals surface area contributed by atoms with Crippen LogP contribution in [0.3, 0.4) is 0 Å². The number of para-hydroxylation sites is 1. The highest BCUT2D eigenvalue weighted by molar-refractivity contribution is 5.86. The van der Waals surface area contributed by atoms with E-state index < -0.39 is 12.2 Å². The number of aromatic nitrogens is 4. The Bertz CT molecular complexity index is 1420. The van der Waals surface area contributed by atoms with Crippen molar-refractivity contribution in [3.8, 4) is 11.5 Å². The number of pyridine rings is 2. The van der Waals surface area contributed by atoms with Crippen LogP contribution in [0.1, 0.15) is 44.4 Å². The van der Waals surface area contributed by atoms with Gasteiger partial charge in [0.25, 0.3) is 0 Å². The molecular formula is C27H33Cl2F3N6O. The lowest BCUT2D eigenvalue weighted by Crippen LogP contribution is -2.40. The number of aliphatic hydroxyl groups is 1. The predicted molar refractivity (Wildman–Crippen MR) is 151 cm³/mol. The second kappa shape index (κ2) is 11.9. The Morgan fingerprint density at radius 3 is 2.51 bits per heavy atom. The van der Waals surface area contributed by atoms with Gasteiger partial charge in [-0.15, -0.1) is 35.0 Å². The average Bonchev–Trinajstić information content (AvgIpc) is 3.47. The Balaban J connectivity index is 0.00000210. The molecule has 1 aliphatic heterocycles. The fourth-order valence-corrected chi connectivity index (χ4v) is 5.18. The van der Waals surface area contributed by atoms with Gasteiger partial charge in [0, 0.05) is 37.3 Å². The summed E-state index contributed by atoms with van der Waals surface area (Å²) >= 11 is 0. The molecule has 0 bridgehead atoms. The molecule has 3 aromatic heterocycles. The molecule has 212 valence electrons. The number of aliphatic hydroxyl groups excluding tert-OH is 1. The Hall–Kier alpha value is -2.50. The summed E-state index contributed by atoms with van der Waals surface area (Å²) in [7, 11) is 0. The number of halogens is 5.